The van der Waals surface area contributed by atoms with Gasteiger partial charge in [-0.3, -0.25) is 0 Å². The van der Waals surface area contributed by atoms with E-state index >= 15 is 0 Å². The Labute approximate surface area is 132 Å². The van der Waals surface area contributed by atoms with Gasteiger partial charge in [-0.2, -0.15) is 0 Å². The quantitative estimate of drug-likeness (QED) is 0.745. The second-order valence-corrected chi connectivity index (χ2v) is 6.38. The number of carbonyl (C=O) groups is 1. The predicted molar refractivity (Wildman–Crippen MR) is 73.4 cm³/mol. The zero-order chi connectivity index (χ0) is 16.4. The van der Waals surface area contributed by atoms with Gasteiger partial charge in [-0.15, -0.1) is 5.10 Å². The number of hydrogen-bond acceptors (Lipinski definition) is 8. The van der Waals surface area contributed by atoms with E-state index in [-0.39, 0.29) is 18.7 Å². The van der Waals surface area contributed by atoms with Crippen LogP contribution in [-0.4, -0.2) is 63.1 Å². The van der Waals surface area contributed by atoms with Crippen LogP contribution in [0.1, 0.15) is 43.0 Å². The minimum atomic E-state index is -0.792. The molecule has 9 nitrogen and oxygen atoms in total. The monoisotopic (exact) mass is 325 g/mol. The van der Waals surface area contributed by atoms with Crippen molar-refractivity contribution in [1.29, 1.82) is 0 Å². The molecule has 1 aromatic heterocycles. The summed E-state index contributed by atoms with van der Waals surface area (Å²) >= 11 is 0. The molecule has 3 aliphatic rings. The molecule has 23 heavy (non-hydrogen) atoms. The summed E-state index contributed by atoms with van der Waals surface area (Å²) in [5, 5.41) is 18.4. The molecule has 1 N–H and O–H groups in total. The minimum Gasteiger partial charge on any atom is -0.461 e. The average molecular weight is 325 g/mol. The summed E-state index contributed by atoms with van der Waals surface area (Å²) in [6, 6.07) is -0.392. The Morgan fingerprint density at radius 1 is 1.43 bits per heavy atom. The van der Waals surface area contributed by atoms with Crippen molar-refractivity contribution in [3.8, 4) is 0 Å². The van der Waals surface area contributed by atoms with Gasteiger partial charge in [0.1, 0.15) is 18.2 Å². The van der Waals surface area contributed by atoms with Gasteiger partial charge in [0.2, 0.25) is 0 Å². The van der Waals surface area contributed by atoms with Crippen LogP contribution < -0.4 is 0 Å². The summed E-state index contributed by atoms with van der Waals surface area (Å²) in [7, 11) is 0. The Bertz CT molecular complexity index is 644. The smallest absolute Gasteiger partial charge is 0.360 e. The first-order valence-corrected chi connectivity index (χ1v) is 7.71. The molecule has 0 saturated carbocycles. The number of carbonyl (C=O) groups excluding carboxylic acids is 1. The number of fused-ring (bicyclic) bond motifs is 5. The van der Waals surface area contributed by atoms with Gasteiger partial charge in [0.15, 0.2) is 17.8 Å². The van der Waals surface area contributed by atoms with E-state index in [4.69, 9.17) is 18.9 Å². The topological polar surface area (TPSA) is 105 Å². The molecule has 1 aromatic rings. The molecular formula is C14H19N3O6. The van der Waals surface area contributed by atoms with Gasteiger partial charge in [-0.1, -0.05) is 5.21 Å². The molecule has 2 fully saturated rings. The van der Waals surface area contributed by atoms with Crippen molar-refractivity contribution in [2.45, 2.75) is 63.6 Å². The van der Waals surface area contributed by atoms with Crippen molar-refractivity contribution in [3.63, 3.8) is 0 Å². The third-order valence-corrected chi connectivity index (χ3v) is 4.38. The molecule has 0 bridgehead atoms. The highest BCUT2D eigenvalue weighted by molar-refractivity contribution is 5.88. The molecule has 0 aromatic carbocycles. The Hall–Kier alpha value is -1.55. The van der Waals surface area contributed by atoms with Gasteiger partial charge in [0, 0.05) is 6.42 Å². The van der Waals surface area contributed by atoms with Crippen LogP contribution in [0.5, 0.6) is 0 Å². The molecule has 126 valence electrons. The summed E-state index contributed by atoms with van der Waals surface area (Å²) in [5.74, 6) is -1.31. The maximum Gasteiger partial charge on any atom is 0.360 e. The molecule has 0 unspecified atom stereocenters. The number of aliphatic hydroxyl groups excluding tert-OH is 1. The maximum atomic E-state index is 12.0. The second kappa shape index (κ2) is 4.97. The van der Waals surface area contributed by atoms with Crippen molar-refractivity contribution in [3.05, 3.63) is 11.4 Å². The normalized spacial score (nSPS) is 37.1. The summed E-state index contributed by atoms with van der Waals surface area (Å²) in [4.78, 5) is 12.0. The Morgan fingerprint density at radius 3 is 2.96 bits per heavy atom. The van der Waals surface area contributed by atoms with E-state index in [1.54, 1.807) is 25.5 Å². The van der Waals surface area contributed by atoms with Crippen molar-refractivity contribution in [1.82, 2.24) is 15.0 Å². The van der Waals surface area contributed by atoms with E-state index in [1.165, 1.54) is 0 Å². The fourth-order valence-corrected chi connectivity index (χ4v) is 3.53. The fraction of sp³-hybridized carbons (Fsp3) is 0.786. The molecule has 9 heteroatoms. The summed E-state index contributed by atoms with van der Waals surface area (Å²) < 4.78 is 24.0. The zero-order valence-electron chi connectivity index (χ0n) is 13.1. The van der Waals surface area contributed by atoms with Crippen LogP contribution in [0.25, 0.3) is 0 Å². The van der Waals surface area contributed by atoms with Crippen LogP contribution in [0.4, 0.5) is 0 Å². The van der Waals surface area contributed by atoms with Crippen LogP contribution in [0.15, 0.2) is 0 Å². The predicted octanol–water partition coefficient (Wildman–Crippen LogP) is -0.211. The van der Waals surface area contributed by atoms with Crippen molar-refractivity contribution >= 4 is 5.97 Å². The van der Waals surface area contributed by atoms with E-state index in [9.17, 15) is 9.90 Å². The van der Waals surface area contributed by atoms with Gasteiger partial charge in [0.25, 0.3) is 0 Å². The van der Waals surface area contributed by atoms with Crippen LogP contribution in [0.3, 0.4) is 0 Å². The van der Waals surface area contributed by atoms with Gasteiger partial charge >= 0.3 is 5.97 Å². The molecule has 5 atom stereocenters. The molecule has 4 heterocycles. The van der Waals surface area contributed by atoms with Crippen LogP contribution in [-0.2, 0) is 25.4 Å². The zero-order valence-corrected chi connectivity index (χ0v) is 13.1. The Balaban J connectivity index is 1.71. The van der Waals surface area contributed by atoms with Crippen molar-refractivity contribution < 1.29 is 28.8 Å². The lowest BCUT2D eigenvalue weighted by Gasteiger charge is -2.33. The number of aromatic nitrogens is 3. The van der Waals surface area contributed by atoms with Gasteiger partial charge in [0.05, 0.1) is 18.4 Å². The molecular weight excluding hydrogens is 306 g/mol. The number of hydrogen-bond donors (Lipinski definition) is 1. The standard InChI is InChI=1S/C14H19N3O6/c1-4-20-12(19)8-6-5-7(18)10-9(17(6)16-15-8)11-13(21-10)23-14(2,3)22-11/h7,9-11,13,18H,4-5H2,1-3H3/t7-,9-,10-,11-,13-/m1/s1. The second-order valence-electron chi connectivity index (χ2n) is 6.38. The summed E-state index contributed by atoms with van der Waals surface area (Å²) in [6.07, 6.45) is -2.08. The first-order chi connectivity index (χ1) is 10.9. The number of nitrogens with zero attached hydrogens (tertiary/aromatic N) is 3. The number of esters is 1. The molecule has 0 radical (unpaired) electrons. The molecule has 0 aliphatic carbocycles. The van der Waals surface area contributed by atoms with Crippen molar-refractivity contribution in [2.75, 3.05) is 6.61 Å². The first-order valence-electron chi connectivity index (χ1n) is 7.71. The Morgan fingerprint density at radius 2 is 2.22 bits per heavy atom. The SMILES string of the molecule is CCOC(=O)c1nnn2c1C[C@@H](O)[C@H]1O[C@@H]3OC(C)(C)O[C@@H]3[C@@H]12. The van der Waals surface area contributed by atoms with Crippen LogP contribution in [0.2, 0.25) is 0 Å². The van der Waals surface area contributed by atoms with Gasteiger partial charge in [-0.25, -0.2) is 9.48 Å². The third kappa shape index (κ3) is 2.18. The highest BCUT2D eigenvalue weighted by Crippen LogP contribution is 2.46. The van der Waals surface area contributed by atoms with E-state index in [2.05, 4.69) is 10.3 Å². The van der Waals surface area contributed by atoms with E-state index < -0.39 is 42.4 Å². The fourth-order valence-electron chi connectivity index (χ4n) is 3.53. The number of aliphatic hydroxyl groups is 1. The number of ether oxygens (including phenoxy) is 4. The lowest BCUT2D eigenvalue weighted by Crippen LogP contribution is -2.44. The van der Waals surface area contributed by atoms with Crippen LogP contribution >= 0.6 is 0 Å². The van der Waals surface area contributed by atoms with E-state index in [0.717, 1.165) is 0 Å². The highest BCUT2D eigenvalue weighted by Gasteiger charge is 2.59. The molecule has 3 aliphatic heterocycles. The summed E-state index contributed by atoms with van der Waals surface area (Å²) in [5.41, 5.74) is 0.667. The Kier molecular flexibility index (Phi) is 3.24. The molecule has 0 spiro atoms. The molecule has 4 rings (SSSR count). The minimum absolute atomic E-state index is 0.131. The molecule has 0 amide bonds. The number of rotatable bonds is 2. The highest BCUT2D eigenvalue weighted by atomic mass is 16.8. The summed E-state index contributed by atoms with van der Waals surface area (Å²) in [6.45, 7) is 5.57. The maximum absolute atomic E-state index is 12.0. The van der Waals surface area contributed by atoms with E-state index in [0.29, 0.717) is 5.69 Å². The lowest BCUT2D eigenvalue weighted by molar-refractivity contribution is -0.221. The lowest BCUT2D eigenvalue weighted by atomic mass is 9.94. The van der Waals surface area contributed by atoms with E-state index in [1.807, 2.05) is 0 Å². The van der Waals surface area contributed by atoms with Gasteiger partial charge < -0.3 is 24.1 Å². The van der Waals surface area contributed by atoms with Gasteiger partial charge in [-0.05, 0) is 20.8 Å². The molecule has 2 saturated heterocycles. The average Bonchev–Trinajstić information content (AvgIpc) is 3.09. The van der Waals surface area contributed by atoms with Crippen molar-refractivity contribution in [2.24, 2.45) is 0 Å². The van der Waals surface area contributed by atoms with Crippen LogP contribution in [0, 0.1) is 0 Å². The largest absolute Gasteiger partial charge is 0.461 e. The first kappa shape index (κ1) is 15.0. The third-order valence-electron chi connectivity index (χ3n) is 4.38.